The molecule has 140 valence electrons. The lowest BCUT2D eigenvalue weighted by Crippen LogP contribution is -2.33. The second kappa shape index (κ2) is 8.05. The Morgan fingerprint density at radius 1 is 1.11 bits per heavy atom. The molecule has 4 heterocycles. The molecule has 1 saturated heterocycles. The molecule has 0 aromatic carbocycles. The normalized spacial score (nSPS) is 16.8. The number of pyridine rings is 1. The number of hydrogen-bond donors (Lipinski definition) is 4. The Kier molecular flexibility index (Phi) is 5.15. The number of nitrogens with zero attached hydrogens (tertiary/aromatic N) is 4. The summed E-state index contributed by atoms with van der Waals surface area (Å²) in [5.74, 6) is 2.32. The Morgan fingerprint density at radius 2 is 1.96 bits per heavy atom. The van der Waals surface area contributed by atoms with Crippen LogP contribution in [-0.2, 0) is 0 Å². The van der Waals surface area contributed by atoms with E-state index in [0.717, 1.165) is 31.0 Å². The van der Waals surface area contributed by atoms with Crippen molar-refractivity contribution in [2.24, 2.45) is 5.92 Å². The van der Waals surface area contributed by atoms with Gasteiger partial charge in [0.2, 0.25) is 0 Å². The van der Waals surface area contributed by atoms with Crippen molar-refractivity contribution in [3.05, 3.63) is 49.2 Å². The highest BCUT2D eigenvalue weighted by Crippen LogP contribution is 2.25. The molecule has 4 rings (SSSR count). The monoisotopic (exact) mass is 364 g/mol. The van der Waals surface area contributed by atoms with E-state index in [4.69, 9.17) is 5.73 Å². The average molecular weight is 364 g/mol. The maximum Gasteiger partial charge on any atom is 0.150 e. The molecule has 1 fully saturated rings. The molecule has 0 radical (unpaired) electrons. The molecule has 8 heteroatoms. The van der Waals surface area contributed by atoms with Crippen molar-refractivity contribution in [2.75, 3.05) is 36.0 Å². The zero-order chi connectivity index (χ0) is 18.5. The second-order valence-electron chi connectivity index (χ2n) is 6.72. The highest BCUT2D eigenvalue weighted by atomic mass is 15.1. The Morgan fingerprint density at radius 3 is 2.70 bits per heavy atom. The van der Waals surface area contributed by atoms with Crippen molar-refractivity contribution >= 4 is 23.1 Å². The van der Waals surface area contributed by atoms with Crippen LogP contribution < -0.4 is 21.7 Å². The number of nitrogens with one attached hydrogen (secondary N) is 3. The average Bonchev–Trinajstić information content (AvgIpc) is 3.24. The number of piperidine rings is 1. The summed E-state index contributed by atoms with van der Waals surface area (Å²) in [6.07, 6.45) is 11.5. The standard InChI is InChI=1S/C19H24N8/c20-17-12-25-19(13-23-17)26-18-8-15(22-10-14-4-3-5-21-9-14)16(11-24-18)27-6-1-2-7-27/h1-2,6-8,11-14,21H,3-5,9-10H2,(H2,20,23)(H2,22,24,25,26). The molecule has 0 aliphatic carbocycles. The lowest BCUT2D eigenvalue weighted by molar-refractivity contribution is 0.393. The third kappa shape index (κ3) is 4.35. The summed E-state index contributed by atoms with van der Waals surface area (Å²) in [6, 6.07) is 6.01. The van der Waals surface area contributed by atoms with Gasteiger partial charge in [0.1, 0.15) is 17.5 Å². The van der Waals surface area contributed by atoms with Gasteiger partial charge in [-0.2, -0.15) is 0 Å². The number of hydrogen-bond acceptors (Lipinski definition) is 7. The number of nitrogen functional groups attached to an aromatic ring is 1. The minimum Gasteiger partial charge on any atom is -0.383 e. The second-order valence-corrected chi connectivity index (χ2v) is 6.72. The zero-order valence-corrected chi connectivity index (χ0v) is 15.1. The summed E-state index contributed by atoms with van der Waals surface area (Å²) < 4.78 is 2.06. The molecule has 1 aliphatic rings. The molecule has 0 amide bonds. The Hall–Kier alpha value is -3.13. The summed E-state index contributed by atoms with van der Waals surface area (Å²) in [7, 11) is 0. The predicted octanol–water partition coefficient (Wildman–Crippen LogP) is 2.40. The molecule has 0 saturated carbocycles. The maximum atomic E-state index is 5.59. The van der Waals surface area contributed by atoms with Gasteiger partial charge in [0.25, 0.3) is 0 Å². The fourth-order valence-electron chi connectivity index (χ4n) is 3.25. The van der Waals surface area contributed by atoms with Crippen LogP contribution in [0.4, 0.5) is 23.1 Å². The molecule has 0 spiro atoms. The van der Waals surface area contributed by atoms with Gasteiger partial charge in [-0.15, -0.1) is 0 Å². The van der Waals surface area contributed by atoms with Crippen LogP contribution in [0.25, 0.3) is 5.69 Å². The van der Waals surface area contributed by atoms with Gasteiger partial charge in [0.05, 0.1) is 30.0 Å². The van der Waals surface area contributed by atoms with Crippen LogP contribution in [0.5, 0.6) is 0 Å². The highest BCUT2D eigenvalue weighted by Gasteiger charge is 2.14. The third-order valence-corrected chi connectivity index (χ3v) is 4.67. The van der Waals surface area contributed by atoms with E-state index in [2.05, 4.69) is 35.5 Å². The quantitative estimate of drug-likeness (QED) is 0.532. The van der Waals surface area contributed by atoms with Crippen LogP contribution in [0.2, 0.25) is 0 Å². The summed E-state index contributed by atoms with van der Waals surface area (Å²) in [5, 5.41) is 10.3. The van der Waals surface area contributed by atoms with E-state index in [1.165, 1.54) is 19.0 Å². The van der Waals surface area contributed by atoms with Gasteiger partial charge in [0.15, 0.2) is 0 Å². The minimum atomic E-state index is 0.389. The lowest BCUT2D eigenvalue weighted by atomic mass is 10.00. The first-order valence-corrected chi connectivity index (χ1v) is 9.20. The van der Waals surface area contributed by atoms with Crippen LogP contribution in [0.15, 0.2) is 49.2 Å². The minimum absolute atomic E-state index is 0.389. The van der Waals surface area contributed by atoms with Gasteiger partial charge >= 0.3 is 0 Å². The van der Waals surface area contributed by atoms with Gasteiger partial charge in [-0.1, -0.05) is 0 Å². The van der Waals surface area contributed by atoms with Crippen LogP contribution in [-0.4, -0.2) is 39.2 Å². The van der Waals surface area contributed by atoms with Crippen molar-refractivity contribution in [3.63, 3.8) is 0 Å². The molecule has 5 N–H and O–H groups in total. The smallest absolute Gasteiger partial charge is 0.150 e. The topological polar surface area (TPSA) is 106 Å². The molecule has 3 aromatic rings. The number of aromatic nitrogens is 4. The molecule has 27 heavy (non-hydrogen) atoms. The van der Waals surface area contributed by atoms with Gasteiger partial charge in [-0.25, -0.2) is 15.0 Å². The molecule has 1 atom stereocenters. The first-order valence-electron chi connectivity index (χ1n) is 9.20. The highest BCUT2D eigenvalue weighted by molar-refractivity contribution is 5.67. The van der Waals surface area contributed by atoms with E-state index in [1.807, 2.05) is 36.8 Å². The summed E-state index contributed by atoms with van der Waals surface area (Å²) in [4.78, 5) is 12.8. The molecule has 3 aromatic heterocycles. The fraction of sp³-hybridized carbons (Fsp3) is 0.316. The van der Waals surface area contributed by atoms with E-state index >= 15 is 0 Å². The van der Waals surface area contributed by atoms with E-state index < -0.39 is 0 Å². The van der Waals surface area contributed by atoms with E-state index in [-0.39, 0.29) is 0 Å². The van der Waals surface area contributed by atoms with Crippen molar-refractivity contribution in [1.82, 2.24) is 24.8 Å². The Bertz CT molecular complexity index is 854. The molecule has 8 nitrogen and oxygen atoms in total. The van der Waals surface area contributed by atoms with Crippen LogP contribution in [0.3, 0.4) is 0 Å². The summed E-state index contributed by atoms with van der Waals surface area (Å²) >= 11 is 0. The number of nitrogens with two attached hydrogens (primary N) is 1. The van der Waals surface area contributed by atoms with Gasteiger partial charge < -0.3 is 26.3 Å². The third-order valence-electron chi connectivity index (χ3n) is 4.67. The van der Waals surface area contributed by atoms with E-state index in [9.17, 15) is 0 Å². The van der Waals surface area contributed by atoms with Crippen LogP contribution >= 0.6 is 0 Å². The molecule has 1 aliphatic heterocycles. The summed E-state index contributed by atoms with van der Waals surface area (Å²) in [5.41, 5.74) is 7.63. The van der Waals surface area contributed by atoms with Crippen molar-refractivity contribution in [3.8, 4) is 5.69 Å². The largest absolute Gasteiger partial charge is 0.383 e. The SMILES string of the molecule is Nc1cnc(Nc2cc(NCC3CCCNC3)c(-n3cccc3)cn2)cn1. The van der Waals surface area contributed by atoms with Crippen LogP contribution in [0, 0.1) is 5.92 Å². The first kappa shape index (κ1) is 17.3. The Labute approximate surface area is 158 Å². The first-order chi connectivity index (χ1) is 13.3. The molecule has 1 unspecified atom stereocenters. The predicted molar refractivity (Wildman–Crippen MR) is 107 cm³/mol. The van der Waals surface area contributed by atoms with E-state index in [1.54, 1.807) is 6.20 Å². The number of rotatable bonds is 6. The van der Waals surface area contributed by atoms with Crippen LogP contribution in [0.1, 0.15) is 12.8 Å². The maximum absolute atomic E-state index is 5.59. The number of anilines is 4. The van der Waals surface area contributed by atoms with Crippen molar-refractivity contribution < 1.29 is 0 Å². The zero-order valence-electron chi connectivity index (χ0n) is 15.1. The van der Waals surface area contributed by atoms with Crippen molar-refractivity contribution in [1.29, 1.82) is 0 Å². The molecular formula is C19H24N8. The van der Waals surface area contributed by atoms with Gasteiger partial charge in [-0.3, -0.25) is 0 Å². The summed E-state index contributed by atoms with van der Waals surface area (Å²) in [6.45, 7) is 3.10. The Balaban J connectivity index is 1.55. The molecule has 0 bridgehead atoms. The van der Waals surface area contributed by atoms with E-state index in [0.29, 0.717) is 23.4 Å². The fourth-order valence-corrected chi connectivity index (χ4v) is 3.25. The van der Waals surface area contributed by atoms with Gasteiger partial charge in [-0.05, 0) is 44.0 Å². The van der Waals surface area contributed by atoms with Crippen molar-refractivity contribution in [2.45, 2.75) is 12.8 Å². The molecular weight excluding hydrogens is 340 g/mol. The van der Waals surface area contributed by atoms with Gasteiger partial charge in [0, 0.05) is 25.0 Å². The lowest BCUT2D eigenvalue weighted by Gasteiger charge is -2.24.